The summed E-state index contributed by atoms with van der Waals surface area (Å²) >= 11 is 0. The molecule has 0 aliphatic carbocycles. The number of hydrogen-bond acceptors (Lipinski definition) is 3. The third kappa shape index (κ3) is 4.99. The lowest BCUT2D eigenvalue weighted by atomic mass is 10.0. The third-order valence-electron chi connectivity index (χ3n) is 3.80. The zero-order valence-electron chi connectivity index (χ0n) is 14.6. The monoisotopic (exact) mass is 328 g/mol. The lowest BCUT2D eigenvalue weighted by Gasteiger charge is -2.15. The minimum absolute atomic E-state index is 0.332. The van der Waals surface area contributed by atoms with Gasteiger partial charge in [0.1, 0.15) is 5.75 Å². The van der Waals surface area contributed by atoms with Crippen molar-refractivity contribution in [3.63, 3.8) is 0 Å². The first-order valence-electron chi connectivity index (χ1n) is 7.87. The second kappa shape index (κ2) is 8.36. The van der Waals surface area contributed by atoms with Crippen LogP contribution in [0.5, 0.6) is 5.75 Å². The Morgan fingerprint density at radius 3 is 2.46 bits per heavy atom. The van der Waals surface area contributed by atoms with Crippen LogP contribution in [0, 0.1) is 13.8 Å². The van der Waals surface area contributed by atoms with E-state index in [1.807, 2.05) is 12.1 Å². The number of amides is 2. The van der Waals surface area contributed by atoms with E-state index in [9.17, 15) is 4.79 Å². The fourth-order valence-electron chi connectivity index (χ4n) is 2.32. The molecule has 0 unspecified atom stereocenters. The molecule has 2 aromatic rings. The number of benzene rings is 2. The summed E-state index contributed by atoms with van der Waals surface area (Å²) in [6.07, 6.45) is 0.864. The van der Waals surface area contributed by atoms with Crippen molar-refractivity contribution in [1.29, 1.82) is 0 Å². The number of rotatable bonds is 6. The molecule has 0 aliphatic heterocycles. The van der Waals surface area contributed by atoms with E-state index in [4.69, 9.17) is 9.57 Å². The van der Waals surface area contributed by atoms with Crippen molar-refractivity contribution in [2.75, 3.05) is 26.1 Å². The summed E-state index contributed by atoms with van der Waals surface area (Å²) in [6.45, 7) is 4.83. The first-order valence-corrected chi connectivity index (χ1v) is 7.87. The van der Waals surface area contributed by atoms with Crippen LogP contribution in [0.25, 0.3) is 0 Å². The van der Waals surface area contributed by atoms with E-state index in [0.717, 1.165) is 17.2 Å². The molecular formula is C19H24N2O3. The van der Waals surface area contributed by atoms with Crippen LogP contribution >= 0.6 is 0 Å². The summed E-state index contributed by atoms with van der Waals surface area (Å²) in [7, 11) is 2.98. The Hall–Kier alpha value is -2.53. The minimum Gasteiger partial charge on any atom is -0.493 e. The van der Waals surface area contributed by atoms with Gasteiger partial charge in [-0.15, -0.1) is 0 Å². The largest absolute Gasteiger partial charge is 0.493 e. The number of anilines is 1. The molecule has 2 amide bonds. The van der Waals surface area contributed by atoms with Gasteiger partial charge < -0.3 is 10.1 Å². The van der Waals surface area contributed by atoms with Crippen molar-refractivity contribution in [3.8, 4) is 5.75 Å². The van der Waals surface area contributed by atoms with Crippen molar-refractivity contribution in [1.82, 2.24) is 5.06 Å². The predicted molar refractivity (Wildman–Crippen MR) is 95.3 cm³/mol. The minimum atomic E-state index is -0.332. The number of ether oxygens (including phenoxy) is 1. The lowest BCUT2D eigenvalue weighted by Crippen LogP contribution is -2.30. The average molecular weight is 328 g/mol. The fourth-order valence-corrected chi connectivity index (χ4v) is 2.32. The molecule has 0 fully saturated rings. The van der Waals surface area contributed by atoms with Crippen molar-refractivity contribution in [3.05, 3.63) is 59.2 Å². The molecular weight excluding hydrogens is 304 g/mol. The van der Waals surface area contributed by atoms with Gasteiger partial charge in [-0.05, 0) is 49.2 Å². The maximum Gasteiger partial charge on any atom is 0.345 e. The second-order valence-corrected chi connectivity index (χ2v) is 5.66. The molecule has 0 bridgehead atoms. The van der Waals surface area contributed by atoms with Crippen LogP contribution in [0.1, 0.15) is 16.7 Å². The zero-order valence-corrected chi connectivity index (χ0v) is 14.6. The lowest BCUT2D eigenvalue weighted by molar-refractivity contribution is -0.0598. The number of hydroxylamine groups is 2. The number of urea groups is 1. The van der Waals surface area contributed by atoms with Crippen LogP contribution in [0.3, 0.4) is 0 Å². The molecule has 1 N–H and O–H groups in total. The molecule has 128 valence electrons. The topological polar surface area (TPSA) is 50.8 Å². The highest BCUT2D eigenvalue weighted by atomic mass is 16.7. The summed E-state index contributed by atoms with van der Waals surface area (Å²) in [5.41, 5.74) is 4.55. The summed E-state index contributed by atoms with van der Waals surface area (Å²) in [5.74, 6) is 0.776. The van der Waals surface area contributed by atoms with Gasteiger partial charge in [0.05, 0.1) is 13.7 Å². The molecule has 0 aliphatic rings. The van der Waals surface area contributed by atoms with E-state index >= 15 is 0 Å². The molecule has 24 heavy (non-hydrogen) atoms. The van der Waals surface area contributed by atoms with Gasteiger partial charge in [-0.2, -0.15) is 0 Å². The maximum atomic E-state index is 11.7. The van der Waals surface area contributed by atoms with E-state index in [1.165, 1.54) is 23.8 Å². The van der Waals surface area contributed by atoms with E-state index in [1.54, 1.807) is 19.2 Å². The van der Waals surface area contributed by atoms with Crippen molar-refractivity contribution in [2.45, 2.75) is 20.3 Å². The Morgan fingerprint density at radius 2 is 1.83 bits per heavy atom. The van der Waals surface area contributed by atoms with Crippen LogP contribution in [-0.4, -0.2) is 31.9 Å². The highest BCUT2D eigenvalue weighted by Crippen LogP contribution is 2.17. The van der Waals surface area contributed by atoms with Gasteiger partial charge in [-0.3, -0.25) is 4.84 Å². The number of carbonyl (C=O) groups is 1. The Kier molecular flexibility index (Phi) is 6.21. The Labute approximate surface area is 143 Å². The first-order chi connectivity index (χ1) is 11.5. The van der Waals surface area contributed by atoms with E-state index in [0.29, 0.717) is 12.3 Å². The maximum absolute atomic E-state index is 11.7. The highest BCUT2D eigenvalue weighted by Gasteiger charge is 2.07. The summed E-state index contributed by atoms with van der Waals surface area (Å²) in [5, 5.41) is 3.84. The van der Waals surface area contributed by atoms with Gasteiger partial charge in [-0.1, -0.05) is 23.8 Å². The van der Waals surface area contributed by atoms with Gasteiger partial charge in [0.15, 0.2) is 0 Å². The van der Waals surface area contributed by atoms with Gasteiger partial charge in [-0.25, -0.2) is 9.86 Å². The standard InChI is InChI=1S/C19H24N2O3/c1-14-5-6-16(15(2)13-14)11-12-24-18-9-7-17(8-10-18)20-19(22)21(3)23-4/h5-10,13H,11-12H2,1-4H3,(H,20,22). The van der Waals surface area contributed by atoms with Crippen LogP contribution in [0.4, 0.5) is 10.5 Å². The Morgan fingerprint density at radius 1 is 1.12 bits per heavy atom. The van der Waals surface area contributed by atoms with Crippen LogP contribution in [0.15, 0.2) is 42.5 Å². The highest BCUT2D eigenvalue weighted by molar-refractivity contribution is 5.88. The zero-order chi connectivity index (χ0) is 17.5. The molecule has 0 atom stereocenters. The Bertz CT molecular complexity index is 684. The molecule has 0 heterocycles. The van der Waals surface area contributed by atoms with Gasteiger partial charge in [0.25, 0.3) is 0 Å². The molecule has 0 aromatic heterocycles. The summed E-state index contributed by atoms with van der Waals surface area (Å²) in [6, 6.07) is 13.4. The molecule has 0 radical (unpaired) electrons. The normalized spacial score (nSPS) is 10.3. The van der Waals surface area contributed by atoms with E-state index in [2.05, 4.69) is 37.4 Å². The molecule has 0 spiro atoms. The Balaban J connectivity index is 1.84. The molecule has 5 nitrogen and oxygen atoms in total. The first kappa shape index (κ1) is 17.8. The SMILES string of the molecule is CON(C)C(=O)Nc1ccc(OCCc2ccc(C)cc2C)cc1. The number of aryl methyl sites for hydroxylation is 2. The average Bonchev–Trinajstić information content (AvgIpc) is 2.57. The number of nitrogens with zero attached hydrogens (tertiary/aromatic N) is 1. The number of carbonyl (C=O) groups excluding carboxylic acids is 1. The van der Waals surface area contributed by atoms with Gasteiger partial charge >= 0.3 is 6.03 Å². The fraction of sp³-hybridized carbons (Fsp3) is 0.316. The van der Waals surface area contributed by atoms with E-state index in [-0.39, 0.29) is 6.03 Å². The molecule has 2 aromatic carbocycles. The smallest absolute Gasteiger partial charge is 0.345 e. The number of hydrogen-bond donors (Lipinski definition) is 1. The van der Waals surface area contributed by atoms with Crippen molar-refractivity contribution >= 4 is 11.7 Å². The van der Waals surface area contributed by atoms with Crippen LogP contribution < -0.4 is 10.1 Å². The quantitative estimate of drug-likeness (QED) is 0.817. The number of nitrogens with one attached hydrogen (secondary N) is 1. The van der Waals surface area contributed by atoms with Crippen molar-refractivity contribution < 1.29 is 14.4 Å². The molecule has 0 saturated heterocycles. The van der Waals surface area contributed by atoms with Gasteiger partial charge in [0.2, 0.25) is 0 Å². The van der Waals surface area contributed by atoms with Crippen LogP contribution in [-0.2, 0) is 11.3 Å². The van der Waals surface area contributed by atoms with Crippen molar-refractivity contribution in [2.24, 2.45) is 0 Å². The predicted octanol–water partition coefficient (Wildman–Crippen LogP) is 3.95. The summed E-state index contributed by atoms with van der Waals surface area (Å²) in [4.78, 5) is 16.5. The van der Waals surface area contributed by atoms with Crippen LogP contribution in [0.2, 0.25) is 0 Å². The summed E-state index contributed by atoms with van der Waals surface area (Å²) < 4.78 is 5.78. The van der Waals surface area contributed by atoms with E-state index < -0.39 is 0 Å². The molecule has 5 heteroatoms. The second-order valence-electron chi connectivity index (χ2n) is 5.66. The third-order valence-corrected chi connectivity index (χ3v) is 3.80. The van der Waals surface area contributed by atoms with Gasteiger partial charge in [0, 0.05) is 19.2 Å². The molecule has 2 rings (SSSR count). The molecule has 0 saturated carbocycles.